The Bertz CT molecular complexity index is 1190. The highest BCUT2D eigenvalue weighted by atomic mass is 16.7. The number of methoxy groups -OCH3 is 1. The van der Waals surface area contributed by atoms with E-state index in [1.807, 2.05) is 0 Å². The first-order chi connectivity index (χ1) is 17.9. The lowest BCUT2D eigenvalue weighted by Crippen LogP contribution is -2.70. The van der Waals surface area contributed by atoms with Gasteiger partial charge in [-0.05, 0) is 91.9 Å². The summed E-state index contributed by atoms with van der Waals surface area (Å²) in [5, 5.41) is 24.5. The molecule has 0 radical (unpaired) electrons. The average Bonchev–Trinajstić information content (AvgIpc) is 3.16. The van der Waals surface area contributed by atoms with Gasteiger partial charge in [0.1, 0.15) is 11.4 Å². The van der Waals surface area contributed by atoms with Crippen LogP contribution in [0.3, 0.4) is 0 Å². The first-order valence-corrected chi connectivity index (χ1v) is 14.8. The molecule has 0 amide bonds. The summed E-state index contributed by atoms with van der Waals surface area (Å²) in [4.78, 5) is 0. The van der Waals surface area contributed by atoms with Crippen LogP contribution in [-0.2, 0) is 15.9 Å². The molecule has 1 aliphatic heterocycles. The van der Waals surface area contributed by atoms with Crippen molar-refractivity contribution >= 4 is 0 Å². The molecule has 6 aliphatic rings. The summed E-state index contributed by atoms with van der Waals surface area (Å²) in [7, 11) is 1.72. The Hall–Kier alpha value is -1.58. The Labute approximate surface area is 227 Å². The minimum atomic E-state index is -1.07. The first kappa shape index (κ1) is 25.4. The van der Waals surface area contributed by atoms with Crippen molar-refractivity contribution in [3.8, 4) is 18.1 Å². The highest BCUT2D eigenvalue weighted by molar-refractivity contribution is 5.45. The molecule has 38 heavy (non-hydrogen) atoms. The van der Waals surface area contributed by atoms with Crippen LogP contribution in [0.15, 0.2) is 18.2 Å². The van der Waals surface area contributed by atoms with Crippen LogP contribution in [0.5, 0.6) is 5.75 Å². The van der Waals surface area contributed by atoms with Gasteiger partial charge in [-0.2, -0.15) is 0 Å². The minimum Gasteiger partial charge on any atom is -0.497 e. The Morgan fingerprint density at radius 3 is 2.50 bits per heavy atom. The summed E-state index contributed by atoms with van der Waals surface area (Å²) in [6.07, 6.45) is 13.4. The summed E-state index contributed by atoms with van der Waals surface area (Å²) >= 11 is 0. The lowest BCUT2D eigenvalue weighted by Gasteiger charge is -2.70. The van der Waals surface area contributed by atoms with Gasteiger partial charge in [-0.25, -0.2) is 0 Å². The largest absolute Gasteiger partial charge is 0.497 e. The quantitative estimate of drug-likeness (QED) is 0.497. The molecule has 8 atom stereocenters. The third-order valence-corrected chi connectivity index (χ3v) is 12.6. The van der Waals surface area contributed by atoms with Gasteiger partial charge >= 0.3 is 0 Å². The van der Waals surface area contributed by atoms with Crippen LogP contribution in [0.25, 0.3) is 0 Å². The molecule has 5 fully saturated rings. The summed E-state index contributed by atoms with van der Waals surface area (Å²) in [5.74, 6) is 4.46. The highest BCUT2D eigenvalue weighted by Gasteiger charge is 2.73. The van der Waals surface area contributed by atoms with E-state index in [9.17, 15) is 10.2 Å². The average molecular weight is 521 g/mol. The molecule has 4 saturated carbocycles. The molecule has 2 spiro atoms. The molecule has 2 unspecified atom stereocenters. The van der Waals surface area contributed by atoms with Gasteiger partial charge in [0.05, 0.1) is 25.9 Å². The Kier molecular flexibility index (Phi) is 5.20. The predicted molar refractivity (Wildman–Crippen MR) is 145 cm³/mol. The lowest BCUT2D eigenvalue weighted by molar-refractivity contribution is -0.358. The van der Waals surface area contributed by atoms with Gasteiger partial charge in [0.2, 0.25) is 0 Å². The van der Waals surface area contributed by atoms with Crippen LogP contribution in [0.1, 0.15) is 89.2 Å². The number of terminal acetylenes is 1. The number of benzene rings is 1. The standard InChI is InChI=1S/C33H44O5/c1-6-31(34)12-10-26-24-9-11-32(35)18-33(37-19-28(2,3)20-38-33)14-13-30(32)16-21-15-22(36-5)7-8-23(21)25(27(24)30)17-29(26,31)4/h1,7-8,15,24-27,34-35H,9-14,16-20H2,2-5H3/t24-,25?,26-,27?,29-,30-,31-,32+/m0/s1. The van der Waals surface area contributed by atoms with Gasteiger partial charge in [-0.1, -0.05) is 32.8 Å². The minimum absolute atomic E-state index is 0.00376. The maximum Gasteiger partial charge on any atom is 0.171 e. The predicted octanol–water partition coefficient (Wildman–Crippen LogP) is 5.22. The molecule has 206 valence electrons. The molecule has 2 N–H and O–H groups in total. The fraction of sp³-hybridized carbons (Fsp3) is 0.758. The Balaban J connectivity index is 1.35. The van der Waals surface area contributed by atoms with E-state index in [1.54, 1.807) is 7.11 Å². The Morgan fingerprint density at radius 2 is 1.79 bits per heavy atom. The molecule has 1 aromatic carbocycles. The van der Waals surface area contributed by atoms with Crippen molar-refractivity contribution in [3.63, 3.8) is 0 Å². The second-order valence-corrected chi connectivity index (χ2v) is 14.9. The Morgan fingerprint density at radius 1 is 1.03 bits per heavy atom. The van der Waals surface area contributed by atoms with Crippen molar-refractivity contribution in [2.45, 2.75) is 101 Å². The van der Waals surface area contributed by atoms with Crippen LogP contribution < -0.4 is 4.74 Å². The van der Waals surface area contributed by atoms with Crippen molar-refractivity contribution in [1.29, 1.82) is 0 Å². The molecule has 5 aliphatic carbocycles. The zero-order valence-corrected chi connectivity index (χ0v) is 23.5. The molecule has 0 bridgehead atoms. The van der Waals surface area contributed by atoms with Crippen molar-refractivity contribution in [2.75, 3.05) is 20.3 Å². The molecule has 5 heteroatoms. The lowest BCUT2D eigenvalue weighted by atomic mass is 9.36. The smallest absolute Gasteiger partial charge is 0.171 e. The molecule has 7 rings (SSSR count). The highest BCUT2D eigenvalue weighted by Crippen LogP contribution is 2.75. The van der Waals surface area contributed by atoms with Crippen molar-refractivity contribution in [3.05, 3.63) is 29.3 Å². The van der Waals surface area contributed by atoms with Crippen molar-refractivity contribution in [1.82, 2.24) is 0 Å². The summed E-state index contributed by atoms with van der Waals surface area (Å²) < 4.78 is 18.6. The fourth-order valence-electron chi connectivity index (χ4n) is 10.6. The van der Waals surface area contributed by atoms with E-state index in [0.29, 0.717) is 43.8 Å². The molecule has 0 aromatic heterocycles. The maximum atomic E-state index is 12.8. The number of hydrogen-bond acceptors (Lipinski definition) is 5. The van der Waals surface area contributed by atoms with E-state index >= 15 is 0 Å². The number of aliphatic hydroxyl groups is 2. The molecule has 5 nitrogen and oxygen atoms in total. The van der Waals surface area contributed by atoms with Crippen LogP contribution in [-0.4, -0.2) is 47.5 Å². The van der Waals surface area contributed by atoms with E-state index in [-0.39, 0.29) is 22.2 Å². The second-order valence-electron chi connectivity index (χ2n) is 14.9. The van der Waals surface area contributed by atoms with Crippen molar-refractivity contribution in [2.24, 2.45) is 34.0 Å². The van der Waals surface area contributed by atoms with Crippen LogP contribution >= 0.6 is 0 Å². The third kappa shape index (κ3) is 3.10. The van der Waals surface area contributed by atoms with Crippen LogP contribution in [0, 0.1) is 46.3 Å². The molecular weight excluding hydrogens is 476 g/mol. The summed E-state index contributed by atoms with van der Waals surface area (Å²) in [5.41, 5.74) is 0.155. The fourth-order valence-corrected chi connectivity index (χ4v) is 10.6. The normalized spacial score (nSPS) is 47.7. The number of rotatable bonds is 1. The molecule has 1 heterocycles. The zero-order valence-electron chi connectivity index (χ0n) is 23.5. The monoisotopic (exact) mass is 520 g/mol. The van der Waals surface area contributed by atoms with E-state index in [1.165, 1.54) is 11.1 Å². The third-order valence-electron chi connectivity index (χ3n) is 12.6. The topological polar surface area (TPSA) is 68.2 Å². The SMILES string of the molecule is C#C[C@]1(O)CC[C@H]2[C@@H]3CC[C@@]4(O)CC5(CC[C@@]46Cc4cc(OC)ccc4C(C[C@@]21C)C36)OCC(C)(C)CO5. The number of ether oxygens (including phenoxy) is 3. The second kappa shape index (κ2) is 7.78. The van der Waals surface area contributed by atoms with E-state index in [2.05, 4.69) is 44.9 Å². The molecule has 1 saturated heterocycles. The zero-order chi connectivity index (χ0) is 26.8. The maximum absolute atomic E-state index is 12.8. The van der Waals surface area contributed by atoms with Gasteiger partial charge in [0, 0.05) is 29.1 Å². The van der Waals surface area contributed by atoms with E-state index in [4.69, 9.17) is 20.6 Å². The molecule has 1 aromatic rings. The van der Waals surface area contributed by atoms with Gasteiger partial charge in [-0.3, -0.25) is 0 Å². The van der Waals surface area contributed by atoms with E-state index < -0.39 is 17.0 Å². The summed E-state index contributed by atoms with van der Waals surface area (Å²) in [6, 6.07) is 6.53. The summed E-state index contributed by atoms with van der Waals surface area (Å²) in [6.45, 7) is 7.94. The molecular formula is C33H44O5. The van der Waals surface area contributed by atoms with Gasteiger partial charge in [0.15, 0.2) is 5.79 Å². The first-order valence-electron chi connectivity index (χ1n) is 14.8. The van der Waals surface area contributed by atoms with Gasteiger partial charge in [0.25, 0.3) is 0 Å². The van der Waals surface area contributed by atoms with Crippen LogP contribution in [0.4, 0.5) is 0 Å². The van der Waals surface area contributed by atoms with Crippen molar-refractivity contribution < 1.29 is 24.4 Å². The van der Waals surface area contributed by atoms with Gasteiger partial charge < -0.3 is 24.4 Å². The van der Waals surface area contributed by atoms with Crippen LogP contribution in [0.2, 0.25) is 0 Å². The number of hydrogen-bond donors (Lipinski definition) is 2. The number of fused-ring (bicyclic) bond motifs is 4. The van der Waals surface area contributed by atoms with Gasteiger partial charge in [-0.15, -0.1) is 6.42 Å². The van der Waals surface area contributed by atoms with E-state index in [0.717, 1.165) is 50.7 Å².